The molecule has 16 heavy (non-hydrogen) atoms. The molecule has 1 rings (SSSR count). The van der Waals surface area contributed by atoms with Crippen LogP contribution in [0.4, 0.5) is 8.78 Å². The predicted octanol–water partition coefficient (Wildman–Crippen LogP) is 3.35. The SMILES string of the molecule is COC(=O)c1c(Cl)cnc(CBr)c1C(F)F. The highest BCUT2D eigenvalue weighted by molar-refractivity contribution is 9.08. The molecule has 7 heteroatoms. The molecule has 0 spiro atoms. The van der Waals surface area contributed by atoms with Crippen molar-refractivity contribution in [3.05, 3.63) is 28.0 Å². The Kier molecular flexibility index (Phi) is 4.61. The summed E-state index contributed by atoms with van der Waals surface area (Å²) in [5.41, 5.74) is -0.750. The number of ether oxygens (including phenoxy) is 1. The van der Waals surface area contributed by atoms with Crippen molar-refractivity contribution in [3.8, 4) is 0 Å². The van der Waals surface area contributed by atoms with E-state index in [2.05, 4.69) is 25.7 Å². The van der Waals surface area contributed by atoms with Crippen molar-refractivity contribution in [2.45, 2.75) is 11.8 Å². The predicted molar refractivity (Wildman–Crippen MR) is 58.2 cm³/mol. The molecule has 0 saturated heterocycles. The number of hydrogen-bond donors (Lipinski definition) is 0. The Morgan fingerprint density at radius 3 is 2.75 bits per heavy atom. The Hall–Kier alpha value is -0.750. The molecule has 0 amide bonds. The monoisotopic (exact) mass is 313 g/mol. The minimum Gasteiger partial charge on any atom is -0.465 e. The van der Waals surface area contributed by atoms with Crippen LogP contribution in [0.25, 0.3) is 0 Å². The van der Waals surface area contributed by atoms with Gasteiger partial charge in [-0.05, 0) is 0 Å². The number of nitrogens with zero attached hydrogens (tertiary/aromatic N) is 1. The van der Waals surface area contributed by atoms with Gasteiger partial charge in [-0.25, -0.2) is 13.6 Å². The molecule has 0 aliphatic heterocycles. The molecule has 0 aromatic carbocycles. The quantitative estimate of drug-likeness (QED) is 0.634. The number of alkyl halides is 3. The van der Waals surface area contributed by atoms with Crippen molar-refractivity contribution in [1.82, 2.24) is 4.98 Å². The number of halogens is 4. The van der Waals surface area contributed by atoms with Gasteiger partial charge in [0.2, 0.25) is 0 Å². The van der Waals surface area contributed by atoms with Gasteiger partial charge in [0.1, 0.15) is 0 Å². The van der Waals surface area contributed by atoms with E-state index in [9.17, 15) is 13.6 Å². The lowest BCUT2D eigenvalue weighted by Crippen LogP contribution is -2.11. The minimum atomic E-state index is -2.84. The van der Waals surface area contributed by atoms with Gasteiger partial charge in [0.15, 0.2) is 0 Å². The van der Waals surface area contributed by atoms with Crippen LogP contribution < -0.4 is 0 Å². The topological polar surface area (TPSA) is 39.2 Å². The van der Waals surface area contributed by atoms with Gasteiger partial charge >= 0.3 is 5.97 Å². The summed E-state index contributed by atoms with van der Waals surface area (Å²) in [6.45, 7) is 0. The van der Waals surface area contributed by atoms with Crippen LogP contribution in [0.3, 0.4) is 0 Å². The molecule has 0 bridgehead atoms. The highest BCUT2D eigenvalue weighted by atomic mass is 79.9. The number of carbonyl (C=O) groups excluding carboxylic acids is 1. The van der Waals surface area contributed by atoms with E-state index < -0.39 is 18.0 Å². The molecule has 0 unspecified atom stereocenters. The molecule has 1 heterocycles. The van der Waals surface area contributed by atoms with Crippen molar-refractivity contribution in [1.29, 1.82) is 0 Å². The maximum Gasteiger partial charge on any atom is 0.339 e. The standard InChI is InChI=1S/C9H7BrClF2NO2/c1-16-9(15)6-4(11)3-14-5(2-10)7(6)8(12)13/h3,8H,2H2,1H3. The van der Waals surface area contributed by atoms with E-state index in [1.54, 1.807) is 0 Å². The minimum absolute atomic E-state index is 0.0693. The summed E-state index contributed by atoms with van der Waals surface area (Å²) in [5, 5.41) is -0.0414. The van der Waals surface area contributed by atoms with Crippen molar-refractivity contribution in [2.75, 3.05) is 7.11 Å². The van der Waals surface area contributed by atoms with E-state index in [1.165, 1.54) is 0 Å². The molecule has 3 nitrogen and oxygen atoms in total. The van der Waals surface area contributed by atoms with E-state index in [0.29, 0.717) is 0 Å². The second-order valence-electron chi connectivity index (χ2n) is 2.77. The molecule has 0 N–H and O–H groups in total. The molecule has 1 aromatic heterocycles. The van der Waals surface area contributed by atoms with Crippen molar-refractivity contribution < 1.29 is 18.3 Å². The summed E-state index contributed by atoms with van der Waals surface area (Å²) in [6.07, 6.45) is -1.69. The number of esters is 1. The van der Waals surface area contributed by atoms with E-state index in [0.717, 1.165) is 13.3 Å². The zero-order valence-electron chi connectivity index (χ0n) is 8.14. The Bertz CT molecular complexity index is 415. The van der Waals surface area contributed by atoms with E-state index in [-0.39, 0.29) is 21.6 Å². The Balaban J connectivity index is 3.48. The van der Waals surface area contributed by atoms with Gasteiger partial charge in [0, 0.05) is 11.5 Å². The third kappa shape index (κ3) is 2.49. The van der Waals surface area contributed by atoms with Crippen LogP contribution in [-0.4, -0.2) is 18.1 Å². The molecule has 0 saturated carbocycles. The second-order valence-corrected chi connectivity index (χ2v) is 3.74. The van der Waals surface area contributed by atoms with E-state index in [4.69, 9.17) is 11.6 Å². The Morgan fingerprint density at radius 2 is 2.31 bits per heavy atom. The molecule has 0 fully saturated rings. The molecular formula is C9H7BrClF2NO2. The van der Waals surface area contributed by atoms with Gasteiger partial charge in [-0.2, -0.15) is 0 Å². The Morgan fingerprint density at radius 1 is 1.69 bits per heavy atom. The fourth-order valence-corrected chi connectivity index (χ4v) is 1.87. The fourth-order valence-electron chi connectivity index (χ4n) is 1.19. The zero-order valence-corrected chi connectivity index (χ0v) is 10.5. The average molecular weight is 315 g/mol. The van der Waals surface area contributed by atoms with Crippen molar-refractivity contribution >= 4 is 33.5 Å². The normalized spacial score (nSPS) is 10.6. The van der Waals surface area contributed by atoms with Crippen molar-refractivity contribution in [3.63, 3.8) is 0 Å². The zero-order chi connectivity index (χ0) is 12.3. The summed E-state index contributed by atoms with van der Waals surface area (Å²) in [6, 6.07) is 0. The molecule has 0 atom stereocenters. The van der Waals surface area contributed by atoms with Crippen LogP contribution in [0.1, 0.15) is 28.0 Å². The smallest absolute Gasteiger partial charge is 0.339 e. The first kappa shape index (κ1) is 13.3. The largest absolute Gasteiger partial charge is 0.465 e. The van der Waals surface area contributed by atoms with Crippen LogP contribution in [0.5, 0.6) is 0 Å². The average Bonchev–Trinajstić information content (AvgIpc) is 2.27. The molecule has 88 valence electrons. The summed E-state index contributed by atoms with van der Waals surface area (Å²) >= 11 is 8.68. The first-order chi connectivity index (χ1) is 7.52. The maximum absolute atomic E-state index is 12.8. The molecule has 1 aromatic rings. The summed E-state index contributed by atoms with van der Waals surface area (Å²) in [5.74, 6) is -0.898. The highest BCUT2D eigenvalue weighted by Gasteiger charge is 2.26. The van der Waals surface area contributed by atoms with Gasteiger partial charge in [-0.15, -0.1) is 0 Å². The van der Waals surface area contributed by atoms with Gasteiger partial charge in [0.25, 0.3) is 6.43 Å². The third-order valence-electron chi connectivity index (χ3n) is 1.89. The first-order valence-corrected chi connectivity index (χ1v) is 5.62. The summed E-state index contributed by atoms with van der Waals surface area (Å²) in [4.78, 5) is 15.1. The van der Waals surface area contributed by atoms with Crippen molar-refractivity contribution in [2.24, 2.45) is 0 Å². The van der Waals surface area contributed by atoms with Crippen LogP contribution in [0.15, 0.2) is 6.20 Å². The summed E-state index contributed by atoms with van der Waals surface area (Å²) < 4.78 is 30.1. The first-order valence-electron chi connectivity index (χ1n) is 4.12. The van der Waals surface area contributed by atoms with Gasteiger partial charge < -0.3 is 4.74 Å². The third-order valence-corrected chi connectivity index (χ3v) is 2.70. The lowest BCUT2D eigenvalue weighted by Gasteiger charge is -2.11. The second kappa shape index (κ2) is 5.54. The molecule has 0 aliphatic rings. The van der Waals surface area contributed by atoms with Crippen LogP contribution in [0.2, 0.25) is 5.02 Å². The molecule has 0 radical (unpaired) electrons. The number of rotatable bonds is 3. The van der Waals surface area contributed by atoms with Crippen LogP contribution in [0, 0.1) is 0 Å². The lowest BCUT2D eigenvalue weighted by atomic mass is 10.1. The van der Waals surface area contributed by atoms with Gasteiger partial charge in [0.05, 0.1) is 29.0 Å². The highest BCUT2D eigenvalue weighted by Crippen LogP contribution is 2.31. The lowest BCUT2D eigenvalue weighted by molar-refractivity contribution is 0.0589. The number of pyridine rings is 1. The molecular weight excluding hydrogens is 307 g/mol. The Labute approximate surface area is 104 Å². The summed E-state index contributed by atoms with van der Waals surface area (Å²) in [7, 11) is 1.10. The number of methoxy groups -OCH3 is 1. The number of aromatic nitrogens is 1. The van der Waals surface area contributed by atoms with E-state index >= 15 is 0 Å². The maximum atomic E-state index is 12.8. The van der Waals surface area contributed by atoms with Gasteiger partial charge in [-0.1, -0.05) is 27.5 Å². The molecule has 0 aliphatic carbocycles. The van der Waals surface area contributed by atoms with Crippen LogP contribution >= 0.6 is 27.5 Å². The number of carbonyl (C=O) groups is 1. The number of hydrogen-bond acceptors (Lipinski definition) is 3. The van der Waals surface area contributed by atoms with Crippen LogP contribution in [-0.2, 0) is 10.1 Å². The van der Waals surface area contributed by atoms with Gasteiger partial charge in [-0.3, -0.25) is 4.98 Å². The van der Waals surface area contributed by atoms with E-state index in [1.807, 2.05) is 0 Å². The fraction of sp³-hybridized carbons (Fsp3) is 0.333.